The molecule has 1 N–H and O–H groups in total. The Balaban J connectivity index is 2.78. The van der Waals surface area contributed by atoms with Crippen molar-refractivity contribution in [2.45, 2.75) is 11.8 Å². The maximum Gasteiger partial charge on any atom is 0.264 e. The van der Waals surface area contributed by atoms with E-state index in [2.05, 4.69) is 14.7 Å². The summed E-state index contributed by atoms with van der Waals surface area (Å²) >= 11 is 0. The van der Waals surface area contributed by atoms with E-state index in [1.54, 1.807) is 18.2 Å². The molecule has 2 aromatic rings. The molecule has 7 heteroatoms. The molecule has 2 aromatic carbocycles. The number of anilines is 1. The summed E-state index contributed by atoms with van der Waals surface area (Å²) < 4.78 is 26.6. The Morgan fingerprint density at radius 1 is 1.21 bits per heavy atom. The molecule has 98 valence electrons. The minimum Gasteiger partial charge on any atom is -0.385 e. The molecule has 6 nitrogen and oxygen atoms in total. The highest BCUT2D eigenvalue weighted by atomic mass is 32.2. The second-order valence-corrected chi connectivity index (χ2v) is 5.39. The van der Waals surface area contributed by atoms with Gasteiger partial charge in [-0.2, -0.15) is 0 Å². The lowest BCUT2D eigenvalue weighted by atomic mass is 10.1. The number of hydrogen-bond acceptors (Lipinski definition) is 3. The van der Waals surface area contributed by atoms with Crippen molar-refractivity contribution < 1.29 is 8.42 Å². The van der Waals surface area contributed by atoms with Crippen LogP contribution < -0.4 is 5.32 Å². The second-order valence-electron chi connectivity index (χ2n) is 3.83. The Bertz CT molecular complexity index is 764. The van der Waals surface area contributed by atoms with E-state index in [1.165, 1.54) is 6.07 Å². The summed E-state index contributed by atoms with van der Waals surface area (Å²) in [6.07, 6.45) is 0. The van der Waals surface area contributed by atoms with Crippen LogP contribution in [-0.2, 0) is 10.0 Å². The van der Waals surface area contributed by atoms with E-state index >= 15 is 0 Å². The fraction of sp³-hybridized carbons (Fsp3) is 0.167. The zero-order chi connectivity index (χ0) is 13.9. The van der Waals surface area contributed by atoms with Gasteiger partial charge in [-0.05, 0) is 24.6 Å². The lowest BCUT2D eigenvalue weighted by Gasteiger charge is -2.10. The van der Waals surface area contributed by atoms with Crippen molar-refractivity contribution >= 4 is 26.5 Å². The maximum absolute atomic E-state index is 11.9. The average molecular weight is 276 g/mol. The van der Waals surface area contributed by atoms with Gasteiger partial charge in [0.05, 0.1) is 4.90 Å². The molecular formula is C12H12N4O2S. The van der Waals surface area contributed by atoms with E-state index in [1.807, 2.05) is 19.1 Å². The van der Waals surface area contributed by atoms with Crippen LogP contribution in [0.15, 0.2) is 45.8 Å². The van der Waals surface area contributed by atoms with Crippen molar-refractivity contribution in [3.8, 4) is 0 Å². The zero-order valence-electron chi connectivity index (χ0n) is 10.2. The van der Waals surface area contributed by atoms with Gasteiger partial charge in [0, 0.05) is 32.4 Å². The molecule has 0 fully saturated rings. The van der Waals surface area contributed by atoms with E-state index in [4.69, 9.17) is 5.53 Å². The van der Waals surface area contributed by atoms with Crippen LogP contribution in [0.2, 0.25) is 0 Å². The highest BCUT2D eigenvalue weighted by molar-refractivity contribution is 7.90. The van der Waals surface area contributed by atoms with E-state index in [9.17, 15) is 8.42 Å². The van der Waals surface area contributed by atoms with E-state index in [0.29, 0.717) is 5.39 Å². The topological polar surface area (TPSA) is 94.9 Å². The molecule has 19 heavy (non-hydrogen) atoms. The fourth-order valence-electron chi connectivity index (χ4n) is 1.94. The van der Waals surface area contributed by atoms with E-state index in [-0.39, 0.29) is 4.90 Å². The van der Waals surface area contributed by atoms with E-state index < -0.39 is 10.0 Å². The first-order valence-electron chi connectivity index (χ1n) is 5.67. The molecule has 2 rings (SSSR count). The predicted octanol–water partition coefficient (Wildman–Crippen LogP) is 3.27. The minimum atomic E-state index is -3.99. The van der Waals surface area contributed by atoms with Crippen LogP contribution in [-0.4, -0.2) is 15.0 Å². The average Bonchev–Trinajstić information content (AvgIpc) is 2.39. The van der Waals surface area contributed by atoms with Gasteiger partial charge in [0.25, 0.3) is 10.0 Å². The highest BCUT2D eigenvalue weighted by Gasteiger charge is 2.16. The number of azide groups is 1. The molecular weight excluding hydrogens is 264 g/mol. The minimum absolute atomic E-state index is 0.0163. The SMILES string of the molecule is CCNc1cccc2c(S(=O)(=O)N=[N+]=[N-])cccc12. The number of sulfonamides is 1. The lowest BCUT2D eigenvalue weighted by Crippen LogP contribution is -2.00. The Morgan fingerprint density at radius 3 is 2.58 bits per heavy atom. The fourth-order valence-corrected chi connectivity index (χ4v) is 2.83. The number of rotatable bonds is 4. The summed E-state index contributed by atoms with van der Waals surface area (Å²) in [5.41, 5.74) is 9.19. The van der Waals surface area contributed by atoms with Crippen molar-refractivity contribution in [2.24, 2.45) is 4.52 Å². The van der Waals surface area contributed by atoms with Crippen molar-refractivity contribution in [3.05, 3.63) is 46.8 Å². The third-order valence-electron chi connectivity index (χ3n) is 2.67. The molecule has 0 amide bonds. The molecule has 0 aliphatic rings. The maximum atomic E-state index is 11.9. The van der Waals surface area contributed by atoms with Gasteiger partial charge >= 0.3 is 0 Å². The van der Waals surface area contributed by atoms with Gasteiger partial charge in [-0.15, -0.1) is 0 Å². The van der Waals surface area contributed by atoms with Gasteiger partial charge < -0.3 is 5.32 Å². The van der Waals surface area contributed by atoms with Crippen LogP contribution in [0.1, 0.15) is 6.92 Å². The van der Waals surface area contributed by atoms with Gasteiger partial charge in [0.2, 0.25) is 0 Å². The van der Waals surface area contributed by atoms with Crippen molar-refractivity contribution in [2.75, 3.05) is 11.9 Å². The summed E-state index contributed by atoms with van der Waals surface area (Å²) in [4.78, 5) is 2.39. The van der Waals surface area contributed by atoms with Gasteiger partial charge in [-0.3, -0.25) is 0 Å². The third-order valence-corrected chi connectivity index (χ3v) is 3.87. The molecule has 0 heterocycles. The van der Waals surface area contributed by atoms with Crippen molar-refractivity contribution in [1.82, 2.24) is 0 Å². The van der Waals surface area contributed by atoms with Crippen molar-refractivity contribution in [1.29, 1.82) is 0 Å². The lowest BCUT2D eigenvalue weighted by molar-refractivity contribution is 0.598. The molecule has 0 aromatic heterocycles. The van der Waals surface area contributed by atoms with Crippen molar-refractivity contribution in [3.63, 3.8) is 0 Å². The normalized spacial score (nSPS) is 11.0. The Morgan fingerprint density at radius 2 is 1.89 bits per heavy atom. The van der Waals surface area contributed by atoms with Crippen LogP contribution in [0.3, 0.4) is 0 Å². The summed E-state index contributed by atoms with van der Waals surface area (Å²) in [6.45, 7) is 2.69. The van der Waals surface area contributed by atoms with Crippen LogP contribution in [0.5, 0.6) is 0 Å². The standard InChI is InChI=1S/C12H12N4O2S/c1-2-14-11-7-3-6-10-9(11)5-4-8-12(10)19(17,18)16-15-13/h3-8,14H,2H2,1H3. The smallest absolute Gasteiger partial charge is 0.264 e. The Kier molecular flexibility index (Phi) is 3.59. The first-order valence-corrected chi connectivity index (χ1v) is 7.11. The number of nitrogens with zero attached hydrogens (tertiary/aromatic N) is 3. The summed E-state index contributed by atoms with van der Waals surface area (Å²) in [5.74, 6) is 0. The highest BCUT2D eigenvalue weighted by Crippen LogP contribution is 2.29. The number of hydrogen-bond donors (Lipinski definition) is 1. The molecule has 0 radical (unpaired) electrons. The molecule has 0 aliphatic heterocycles. The molecule has 0 spiro atoms. The van der Waals surface area contributed by atoms with Crippen LogP contribution in [0, 0.1) is 0 Å². The molecule has 0 aliphatic carbocycles. The monoisotopic (exact) mass is 276 g/mol. The Hall–Kier alpha value is -2.24. The third kappa shape index (κ3) is 2.47. The second kappa shape index (κ2) is 5.17. The van der Waals surface area contributed by atoms with Gasteiger partial charge in [0.1, 0.15) is 0 Å². The van der Waals surface area contributed by atoms with Crippen LogP contribution in [0.4, 0.5) is 5.69 Å². The zero-order valence-corrected chi connectivity index (χ0v) is 11.1. The molecule has 0 saturated heterocycles. The molecule has 0 atom stereocenters. The predicted molar refractivity (Wildman–Crippen MR) is 74.4 cm³/mol. The molecule has 0 unspecified atom stereocenters. The number of nitrogens with one attached hydrogen (secondary N) is 1. The quantitative estimate of drug-likeness (QED) is 0.527. The summed E-state index contributed by atoms with van der Waals surface area (Å²) in [6, 6.07) is 10.2. The summed E-state index contributed by atoms with van der Waals surface area (Å²) in [7, 11) is -3.99. The van der Waals surface area contributed by atoms with E-state index in [0.717, 1.165) is 17.6 Å². The number of fused-ring (bicyclic) bond motifs is 1. The molecule has 0 bridgehead atoms. The first kappa shape index (κ1) is 13.2. The first-order chi connectivity index (χ1) is 9.10. The Labute approximate surface area is 110 Å². The van der Waals surface area contributed by atoms with Crippen LogP contribution in [0.25, 0.3) is 21.2 Å². The van der Waals surface area contributed by atoms with Gasteiger partial charge in [-0.25, -0.2) is 8.42 Å². The molecule has 0 saturated carbocycles. The largest absolute Gasteiger partial charge is 0.385 e. The van der Waals surface area contributed by atoms with Gasteiger partial charge in [-0.1, -0.05) is 24.3 Å². The van der Waals surface area contributed by atoms with Crippen LogP contribution >= 0.6 is 0 Å². The summed E-state index contributed by atoms with van der Waals surface area (Å²) in [5, 5.41) is 4.47. The number of benzene rings is 2. The van der Waals surface area contributed by atoms with Gasteiger partial charge in [0.15, 0.2) is 0 Å².